The first-order chi connectivity index (χ1) is 9.54. The van der Waals surface area contributed by atoms with Gasteiger partial charge in [-0.15, -0.1) is 0 Å². The first-order valence-electron chi connectivity index (χ1n) is 6.24. The van der Waals surface area contributed by atoms with Crippen molar-refractivity contribution in [3.8, 4) is 0 Å². The average Bonchev–Trinajstić information content (AvgIpc) is 2.97. The smallest absolute Gasteiger partial charge is 0.407 e. The summed E-state index contributed by atoms with van der Waals surface area (Å²) in [5.41, 5.74) is 0.721. The van der Waals surface area contributed by atoms with E-state index in [1.165, 1.54) is 4.90 Å². The lowest BCUT2D eigenvalue weighted by Gasteiger charge is -2.16. The molecule has 2 atom stereocenters. The van der Waals surface area contributed by atoms with E-state index in [9.17, 15) is 9.00 Å². The van der Waals surface area contributed by atoms with Crippen LogP contribution >= 0.6 is 11.6 Å². The van der Waals surface area contributed by atoms with Gasteiger partial charge in [0.2, 0.25) is 5.28 Å². The molecule has 0 spiro atoms. The predicted octanol–water partition coefficient (Wildman–Crippen LogP) is 0.958. The summed E-state index contributed by atoms with van der Waals surface area (Å²) in [5, 5.41) is 12.2. The second-order valence-electron chi connectivity index (χ2n) is 4.78. The Morgan fingerprint density at radius 1 is 1.50 bits per heavy atom. The molecule has 3 rings (SSSR count). The van der Waals surface area contributed by atoms with Crippen LogP contribution in [0.2, 0.25) is 5.28 Å². The Hall–Kier alpha value is -1.41. The fourth-order valence-corrected chi connectivity index (χ4v) is 4.01. The van der Waals surface area contributed by atoms with Crippen molar-refractivity contribution in [2.24, 2.45) is 0 Å². The van der Waals surface area contributed by atoms with Crippen LogP contribution in [0.5, 0.6) is 0 Å². The van der Waals surface area contributed by atoms with Gasteiger partial charge < -0.3 is 15.3 Å². The molecule has 2 N–H and O–H groups in total. The molecule has 1 saturated heterocycles. The molecule has 2 aliphatic rings. The van der Waals surface area contributed by atoms with Gasteiger partial charge in [0, 0.05) is 31.3 Å². The van der Waals surface area contributed by atoms with Gasteiger partial charge in [-0.2, -0.15) is 4.98 Å². The number of anilines is 1. The maximum absolute atomic E-state index is 12.0. The van der Waals surface area contributed by atoms with Crippen molar-refractivity contribution in [3.63, 3.8) is 0 Å². The Morgan fingerprint density at radius 2 is 2.30 bits per heavy atom. The number of fused-ring (bicyclic) bond motifs is 1. The number of hydrogen-bond donors (Lipinski definition) is 2. The lowest BCUT2D eigenvalue weighted by molar-refractivity contribution is 0.155. The molecule has 20 heavy (non-hydrogen) atoms. The molecular formula is C11H13ClN4O3S. The van der Waals surface area contributed by atoms with E-state index in [1.54, 1.807) is 0 Å². The van der Waals surface area contributed by atoms with Crippen LogP contribution < -0.4 is 5.32 Å². The number of nitrogens with one attached hydrogen (secondary N) is 1. The van der Waals surface area contributed by atoms with Crippen LogP contribution in [0, 0.1) is 0 Å². The summed E-state index contributed by atoms with van der Waals surface area (Å²) in [4.78, 5) is 21.1. The number of aromatic nitrogens is 2. The van der Waals surface area contributed by atoms with Crippen molar-refractivity contribution in [3.05, 3.63) is 11.0 Å². The minimum Gasteiger partial charge on any atom is -0.465 e. The van der Waals surface area contributed by atoms with Crippen LogP contribution in [0.3, 0.4) is 0 Å². The largest absolute Gasteiger partial charge is 0.465 e. The number of carbonyl (C=O) groups is 1. The molecule has 3 heterocycles. The van der Waals surface area contributed by atoms with E-state index in [1.807, 2.05) is 0 Å². The molecule has 9 heteroatoms. The zero-order chi connectivity index (χ0) is 14.3. The van der Waals surface area contributed by atoms with Crippen LogP contribution in [0.4, 0.5) is 10.6 Å². The molecule has 0 radical (unpaired) electrons. The van der Waals surface area contributed by atoms with Crippen molar-refractivity contribution in [1.82, 2.24) is 14.9 Å². The highest BCUT2D eigenvalue weighted by atomic mass is 35.5. The normalized spacial score (nSPS) is 24.8. The fourth-order valence-electron chi connectivity index (χ4n) is 2.51. The lowest BCUT2D eigenvalue weighted by atomic mass is 10.2. The summed E-state index contributed by atoms with van der Waals surface area (Å²) in [6.45, 7) is 0.870. The Balaban J connectivity index is 1.82. The SMILES string of the molecule is O=C(O)N1CC[C@H](Nc2nc(Cl)nc3c2[S@](=O)CC3)C1. The number of likely N-dealkylation sites (tertiary alicyclic amines) is 1. The lowest BCUT2D eigenvalue weighted by Crippen LogP contribution is -2.30. The number of amides is 1. The van der Waals surface area contributed by atoms with E-state index in [4.69, 9.17) is 16.7 Å². The number of halogens is 1. The monoisotopic (exact) mass is 316 g/mol. The predicted molar refractivity (Wildman–Crippen MR) is 73.6 cm³/mol. The summed E-state index contributed by atoms with van der Waals surface area (Å²) >= 11 is 5.88. The average molecular weight is 317 g/mol. The number of hydrogen-bond acceptors (Lipinski definition) is 5. The first kappa shape index (κ1) is 13.6. The van der Waals surface area contributed by atoms with E-state index in [2.05, 4.69) is 15.3 Å². The molecule has 108 valence electrons. The first-order valence-corrected chi connectivity index (χ1v) is 7.93. The Morgan fingerprint density at radius 3 is 3.00 bits per heavy atom. The van der Waals surface area contributed by atoms with Crippen molar-refractivity contribution in [2.75, 3.05) is 24.2 Å². The minimum absolute atomic E-state index is 0.0428. The van der Waals surface area contributed by atoms with Gasteiger partial charge in [0.15, 0.2) is 0 Å². The molecule has 0 aliphatic carbocycles. The molecule has 0 unspecified atom stereocenters. The molecule has 0 aromatic carbocycles. The molecule has 1 aromatic rings. The highest BCUT2D eigenvalue weighted by Gasteiger charge is 2.30. The Bertz CT molecular complexity index is 597. The third-order valence-electron chi connectivity index (χ3n) is 3.46. The van der Waals surface area contributed by atoms with Crippen LogP contribution in [0.15, 0.2) is 4.90 Å². The second-order valence-corrected chi connectivity index (χ2v) is 6.62. The molecule has 0 saturated carbocycles. The van der Waals surface area contributed by atoms with Gasteiger partial charge in [-0.1, -0.05) is 0 Å². The zero-order valence-electron chi connectivity index (χ0n) is 10.5. The topological polar surface area (TPSA) is 95.4 Å². The maximum Gasteiger partial charge on any atom is 0.407 e. The van der Waals surface area contributed by atoms with Gasteiger partial charge in [-0.3, -0.25) is 4.21 Å². The minimum atomic E-state index is -1.11. The standard InChI is InChI=1S/C11H13ClN4O3S/c12-10-14-7-2-4-20(19)8(7)9(15-10)13-6-1-3-16(5-6)11(17)18/h6H,1-5H2,(H,17,18)(H,13,14,15)/t6-,20+/m0/s1. The third-order valence-corrected chi connectivity index (χ3v) is 5.09. The second kappa shape index (κ2) is 5.17. The molecule has 1 fully saturated rings. The van der Waals surface area contributed by atoms with Crippen LogP contribution in [-0.2, 0) is 17.2 Å². The van der Waals surface area contributed by atoms with Gasteiger partial charge >= 0.3 is 6.09 Å². The highest BCUT2D eigenvalue weighted by molar-refractivity contribution is 7.85. The summed E-state index contributed by atoms with van der Waals surface area (Å²) in [6, 6.07) is -0.0428. The molecule has 7 nitrogen and oxygen atoms in total. The summed E-state index contributed by atoms with van der Waals surface area (Å²) in [5.74, 6) is 1.01. The summed E-state index contributed by atoms with van der Waals surface area (Å²) in [7, 11) is -1.11. The van der Waals surface area contributed by atoms with E-state index in [-0.39, 0.29) is 11.3 Å². The number of aryl methyl sites for hydroxylation is 1. The summed E-state index contributed by atoms with van der Waals surface area (Å²) < 4.78 is 12.0. The number of rotatable bonds is 2. The van der Waals surface area contributed by atoms with Crippen LogP contribution in [0.1, 0.15) is 12.1 Å². The van der Waals surface area contributed by atoms with Crippen LogP contribution in [0.25, 0.3) is 0 Å². The van der Waals surface area contributed by atoms with Crippen molar-refractivity contribution < 1.29 is 14.1 Å². The van der Waals surface area contributed by atoms with Crippen molar-refractivity contribution >= 4 is 34.3 Å². The van der Waals surface area contributed by atoms with Gasteiger partial charge in [0.1, 0.15) is 10.7 Å². The van der Waals surface area contributed by atoms with E-state index in [0.29, 0.717) is 42.4 Å². The molecule has 2 aliphatic heterocycles. The highest BCUT2D eigenvalue weighted by Crippen LogP contribution is 2.30. The molecular weight excluding hydrogens is 304 g/mol. The zero-order valence-corrected chi connectivity index (χ0v) is 12.1. The fraction of sp³-hybridized carbons (Fsp3) is 0.545. The molecule has 1 aromatic heterocycles. The quantitative estimate of drug-likeness (QED) is 0.789. The number of carboxylic acid groups (broad SMARTS) is 1. The summed E-state index contributed by atoms with van der Waals surface area (Å²) in [6.07, 6.45) is 0.393. The Labute approximate surface area is 122 Å². The van der Waals surface area contributed by atoms with Crippen molar-refractivity contribution in [2.45, 2.75) is 23.8 Å². The van der Waals surface area contributed by atoms with E-state index < -0.39 is 16.9 Å². The van der Waals surface area contributed by atoms with E-state index >= 15 is 0 Å². The van der Waals surface area contributed by atoms with Gasteiger partial charge in [0.25, 0.3) is 0 Å². The third kappa shape index (κ3) is 2.45. The maximum atomic E-state index is 12.0. The van der Waals surface area contributed by atoms with Gasteiger partial charge in [-0.25, -0.2) is 9.78 Å². The van der Waals surface area contributed by atoms with E-state index in [0.717, 1.165) is 5.69 Å². The van der Waals surface area contributed by atoms with Gasteiger partial charge in [-0.05, 0) is 18.0 Å². The Kier molecular flexibility index (Phi) is 3.51. The van der Waals surface area contributed by atoms with Crippen molar-refractivity contribution in [1.29, 1.82) is 0 Å². The number of nitrogens with zero attached hydrogens (tertiary/aromatic N) is 3. The molecule has 0 bridgehead atoms. The molecule has 1 amide bonds. The van der Waals surface area contributed by atoms with Gasteiger partial charge in [0.05, 0.1) is 16.5 Å². The van der Waals surface area contributed by atoms with Crippen LogP contribution in [-0.4, -0.2) is 55.2 Å².